The predicted molar refractivity (Wildman–Crippen MR) is 331 cm³/mol. The van der Waals surface area contributed by atoms with E-state index in [0.29, 0.717) is 0 Å². The van der Waals surface area contributed by atoms with Crippen molar-refractivity contribution in [2.24, 2.45) is 0 Å². The van der Waals surface area contributed by atoms with Gasteiger partial charge in [-0.2, -0.15) is 0 Å². The standard InChI is InChI=1S/C71H72BN3OS/c1-66(2,3)43-23-29-46(30-24-43)73(47-31-25-44(26-32-47)67(4,5)6)50-36-38-58-61(40-50)74(48-33-27-45(28-34-48)68(7,8)9)59-21-18-22-60-63(59)72(58)65-64(75(60)49-35-37-55-57(39-49)71(14,15)76-70(55,12)13)53-41-52-51-19-16-17-20-54(51)69(10,11)56(52)42-62(53)77-65/h16-42H,1-15H3. The molecule has 0 amide bonds. The second kappa shape index (κ2) is 16.6. The van der Waals surface area contributed by atoms with E-state index >= 15 is 0 Å². The summed E-state index contributed by atoms with van der Waals surface area (Å²) in [5.41, 5.74) is 24.2. The second-order valence-electron chi connectivity index (χ2n) is 27.0. The highest BCUT2D eigenvalue weighted by Gasteiger charge is 2.48. The fourth-order valence-electron chi connectivity index (χ4n) is 13.5. The average molecular weight is 1030 g/mol. The lowest BCUT2D eigenvalue weighted by Gasteiger charge is -2.43. The Morgan fingerprint density at radius 1 is 0.455 bits per heavy atom. The van der Waals surface area contributed by atoms with Crippen LogP contribution >= 0.6 is 11.3 Å². The van der Waals surface area contributed by atoms with E-state index in [9.17, 15) is 0 Å². The first-order valence-electron chi connectivity index (χ1n) is 27.9. The minimum absolute atomic E-state index is 0.00828. The maximum atomic E-state index is 6.83. The molecule has 9 aromatic rings. The Morgan fingerprint density at radius 3 is 1.61 bits per heavy atom. The Hall–Kier alpha value is -6.86. The summed E-state index contributed by atoms with van der Waals surface area (Å²) >= 11 is 1.99. The van der Waals surface area contributed by atoms with Gasteiger partial charge in [-0.25, -0.2) is 0 Å². The van der Waals surface area contributed by atoms with E-state index in [4.69, 9.17) is 4.74 Å². The van der Waals surface area contributed by atoms with Crippen LogP contribution in [-0.4, -0.2) is 6.71 Å². The van der Waals surface area contributed by atoms with Gasteiger partial charge in [0, 0.05) is 65.8 Å². The molecule has 6 heteroatoms. The molecule has 1 aromatic heterocycles. The molecule has 0 N–H and O–H groups in total. The van der Waals surface area contributed by atoms with Crippen LogP contribution in [0.4, 0.5) is 51.2 Å². The summed E-state index contributed by atoms with van der Waals surface area (Å²) in [6.45, 7) is 34.3. The van der Waals surface area contributed by atoms with E-state index < -0.39 is 11.2 Å². The molecule has 4 heterocycles. The van der Waals surface area contributed by atoms with Crippen LogP contribution in [0.3, 0.4) is 0 Å². The van der Waals surface area contributed by atoms with Crippen molar-refractivity contribution in [1.29, 1.82) is 0 Å². The summed E-state index contributed by atoms with van der Waals surface area (Å²) in [5.74, 6) is 0. The first kappa shape index (κ1) is 49.7. The maximum absolute atomic E-state index is 6.83. The molecule has 1 aliphatic carbocycles. The molecule has 0 atom stereocenters. The lowest BCUT2D eigenvalue weighted by molar-refractivity contribution is -0.105. The number of rotatable bonds is 5. The van der Waals surface area contributed by atoms with E-state index in [1.807, 2.05) is 11.3 Å². The van der Waals surface area contributed by atoms with E-state index in [0.717, 1.165) is 28.4 Å². The van der Waals surface area contributed by atoms with Crippen molar-refractivity contribution in [3.05, 3.63) is 203 Å². The van der Waals surface area contributed by atoms with Crippen LogP contribution in [0.5, 0.6) is 0 Å². The fourth-order valence-corrected chi connectivity index (χ4v) is 14.8. The third-order valence-corrected chi connectivity index (χ3v) is 18.8. The molecule has 0 radical (unpaired) electrons. The molecule has 0 fully saturated rings. The van der Waals surface area contributed by atoms with E-state index in [-0.39, 0.29) is 28.4 Å². The number of thiophene rings is 1. The molecular weight excluding hydrogens is 954 g/mol. The summed E-state index contributed by atoms with van der Waals surface area (Å²) in [5, 5.41) is 1.30. The van der Waals surface area contributed by atoms with Gasteiger partial charge in [0.05, 0.1) is 16.9 Å². The number of benzene rings is 8. The smallest absolute Gasteiger partial charge is 0.264 e. The summed E-state index contributed by atoms with van der Waals surface area (Å²) in [6.07, 6.45) is 0. The topological polar surface area (TPSA) is 19.0 Å². The van der Waals surface area contributed by atoms with Gasteiger partial charge < -0.3 is 19.4 Å². The van der Waals surface area contributed by atoms with Crippen molar-refractivity contribution < 1.29 is 4.74 Å². The van der Waals surface area contributed by atoms with Gasteiger partial charge >= 0.3 is 0 Å². The molecule has 4 nitrogen and oxygen atoms in total. The van der Waals surface area contributed by atoms with Gasteiger partial charge in [-0.15, -0.1) is 11.3 Å². The predicted octanol–water partition coefficient (Wildman–Crippen LogP) is 18.2. The van der Waals surface area contributed by atoms with Gasteiger partial charge in [0.15, 0.2) is 0 Å². The molecule has 4 aliphatic rings. The van der Waals surface area contributed by atoms with Crippen LogP contribution < -0.4 is 30.4 Å². The largest absolute Gasteiger partial charge is 0.360 e. The van der Waals surface area contributed by atoms with Gasteiger partial charge in [-0.1, -0.05) is 155 Å². The highest BCUT2D eigenvalue weighted by Crippen LogP contribution is 2.56. The lowest BCUT2D eigenvalue weighted by atomic mass is 9.36. The number of ether oxygens (including phenoxy) is 1. The Bertz CT molecular complexity index is 3820. The molecule has 13 rings (SSSR count). The van der Waals surface area contributed by atoms with E-state index in [1.165, 1.54) is 98.6 Å². The van der Waals surface area contributed by atoms with Crippen LogP contribution in [0.1, 0.15) is 143 Å². The first-order valence-corrected chi connectivity index (χ1v) is 28.7. The summed E-state index contributed by atoms with van der Waals surface area (Å²) < 4.78 is 9.53. The molecule has 0 bridgehead atoms. The van der Waals surface area contributed by atoms with Gasteiger partial charge in [0.1, 0.15) is 0 Å². The van der Waals surface area contributed by atoms with Crippen LogP contribution in [0.15, 0.2) is 164 Å². The SMILES string of the molecule is CC(C)(C)c1ccc(N(c2ccc(C(C)(C)C)cc2)c2ccc3c(c2)N(c2ccc(C(C)(C)C)cc2)c2cccc4c2B3c2sc3cc5c(cc3c2N4c2ccc3c(c2)C(C)(C)OC3(C)C)-c2ccccc2C5(C)C)cc1. The van der Waals surface area contributed by atoms with E-state index in [2.05, 4.69) is 282 Å². The van der Waals surface area contributed by atoms with E-state index in [1.54, 1.807) is 0 Å². The van der Waals surface area contributed by atoms with Crippen molar-refractivity contribution >= 4 is 95.0 Å². The molecule has 0 saturated carbocycles. The Morgan fingerprint density at radius 2 is 1.00 bits per heavy atom. The van der Waals surface area contributed by atoms with Crippen LogP contribution in [-0.2, 0) is 37.6 Å². The first-order chi connectivity index (χ1) is 36.3. The third-order valence-electron chi connectivity index (χ3n) is 17.6. The minimum Gasteiger partial charge on any atom is -0.360 e. The second-order valence-corrected chi connectivity index (χ2v) is 28.1. The fraction of sp³-hybridized carbons (Fsp3) is 0.296. The monoisotopic (exact) mass is 1030 g/mol. The number of hydrogen-bond donors (Lipinski definition) is 0. The Kier molecular flexibility index (Phi) is 10.7. The van der Waals surface area contributed by atoms with Gasteiger partial charge in [0.2, 0.25) is 0 Å². The maximum Gasteiger partial charge on any atom is 0.264 e. The van der Waals surface area contributed by atoms with Crippen LogP contribution in [0.2, 0.25) is 0 Å². The Labute approximate surface area is 462 Å². The molecule has 77 heavy (non-hydrogen) atoms. The highest BCUT2D eigenvalue weighted by atomic mass is 32.1. The normalized spacial score (nSPS) is 16.4. The van der Waals surface area contributed by atoms with Crippen molar-refractivity contribution in [2.75, 3.05) is 14.7 Å². The molecule has 3 aliphatic heterocycles. The van der Waals surface area contributed by atoms with Crippen molar-refractivity contribution in [3.8, 4) is 11.1 Å². The Balaban J connectivity index is 1.09. The quantitative estimate of drug-likeness (QED) is 0.160. The lowest BCUT2D eigenvalue weighted by Crippen LogP contribution is -2.60. The molecule has 0 saturated heterocycles. The van der Waals surface area contributed by atoms with Crippen LogP contribution in [0, 0.1) is 0 Å². The van der Waals surface area contributed by atoms with Crippen LogP contribution in [0.25, 0.3) is 21.2 Å². The molecular formula is C71H72BN3OS. The molecule has 0 unspecified atom stereocenters. The minimum atomic E-state index is -0.456. The zero-order valence-corrected chi connectivity index (χ0v) is 48.6. The number of fused-ring (bicyclic) bond motifs is 10. The van der Waals surface area contributed by atoms with Crippen molar-refractivity contribution in [3.63, 3.8) is 0 Å². The molecule has 386 valence electrons. The summed E-state index contributed by atoms with van der Waals surface area (Å²) in [7, 11) is 0. The zero-order valence-electron chi connectivity index (χ0n) is 47.8. The average Bonchev–Trinajstić information content (AvgIpc) is 4.05. The number of hydrogen-bond acceptors (Lipinski definition) is 5. The highest BCUT2D eigenvalue weighted by molar-refractivity contribution is 7.33. The van der Waals surface area contributed by atoms with Crippen molar-refractivity contribution in [1.82, 2.24) is 0 Å². The molecule has 0 spiro atoms. The van der Waals surface area contributed by atoms with Gasteiger partial charge in [-0.3, -0.25) is 0 Å². The zero-order chi connectivity index (χ0) is 54.1. The van der Waals surface area contributed by atoms with Gasteiger partial charge in [0.25, 0.3) is 6.71 Å². The van der Waals surface area contributed by atoms with Crippen molar-refractivity contribution in [2.45, 2.75) is 137 Å². The molecule has 8 aromatic carbocycles. The number of anilines is 9. The number of nitrogens with zero attached hydrogens (tertiary/aromatic N) is 3. The third kappa shape index (κ3) is 7.63. The summed E-state index contributed by atoms with van der Waals surface area (Å²) in [6, 6.07) is 63.5. The van der Waals surface area contributed by atoms with Gasteiger partial charge in [-0.05, 0) is 190 Å². The summed E-state index contributed by atoms with van der Waals surface area (Å²) in [4.78, 5) is 7.64.